The van der Waals surface area contributed by atoms with Crippen LogP contribution in [0.3, 0.4) is 0 Å². The van der Waals surface area contributed by atoms with E-state index in [0.717, 1.165) is 18.2 Å². The Balaban J connectivity index is 2.55. The molecule has 2 rings (SSSR count). The molecule has 0 radical (unpaired) electrons. The van der Waals surface area contributed by atoms with Gasteiger partial charge in [-0.1, -0.05) is 0 Å². The van der Waals surface area contributed by atoms with Crippen molar-refractivity contribution in [2.24, 2.45) is 0 Å². The molecule has 1 heterocycles. The molecule has 14 heavy (non-hydrogen) atoms. The number of halogens is 3. The number of hydrogen-bond donors (Lipinski definition) is 0. The molecule has 0 aliphatic carbocycles. The van der Waals surface area contributed by atoms with E-state index < -0.39 is 11.6 Å². The molecular weight excluding hydrogens is 214 g/mol. The monoisotopic (exact) mass is 216 g/mol. The van der Waals surface area contributed by atoms with Gasteiger partial charge in [0.15, 0.2) is 0 Å². The summed E-state index contributed by atoms with van der Waals surface area (Å²) in [5, 5.41) is 3.10. The topological polar surface area (TPSA) is 38.9 Å². The van der Waals surface area contributed by atoms with E-state index in [0.29, 0.717) is 0 Å². The Morgan fingerprint density at radius 3 is 2.71 bits per heavy atom. The zero-order valence-corrected chi connectivity index (χ0v) is 7.42. The molecule has 2 aromatic rings. The standard InChI is InChI=1S/C8H3ClF2N2O/c9-8-12-7(14-13-8)5-3-4(10)1-2-6(5)11/h1-3H. The summed E-state index contributed by atoms with van der Waals surface area (Å²) in [7, 11) is 0. The minimum Gasteiger partial charge on any atom is -0.333 e. The van der Waals surface area contributed by atoms with Gasteiger partial charge in [-0.25, -0.2) is 8.78 Å². The van der Waals surface area contributed by atoms with Crippen LogP contribution in [0.4, 0.5) is 8.78 Å². The Labute approximate surface area is 82.3 Å². The summed E-state index contributed by atoms with van der Waals surface area (Å²) in [6, 6.07) is 2.93. The number of aromatic nitrogens is 2. The highest BCUT2D eigenvalue weighted by Crippen LogP contribution is 2.22. The van der Waals surface area contributed by atoms with Crippen molar-refractivity contribution in [3.05, 3.63) is 35.1 Å². The fourth-order valence-corrected chi connectivity index (χ4v) is 1.09. The number of benzene rings is 1. The summed E-state index contributed by atoms with van der Waals surface area (Å²) < 4.78 is 30.5. The molecule has 0 N–H and O–H groups in total. The maximum Gasteiger partial charge on any atom is 0.264 e. The molecule has 0 aliphatic heterocycles. The van der Waals surface area contributed by atoms with Crippen LogP contribution in [-0.4, -0.2) is 10.1 Å². The fourth-order valence-electron chi connectivity index (χ4n) is 0.976. The molecule has 0 saturated heterocycles. The fraction of sp³-hybridized carbons (Fsp3) is 0. The number of rotatable bonds is 1. The van der Waals surface area contributed by atoms with Crippen LogP contribution in [0.25, 0.3) is 11.5 Å². The summed E-state index contributed by atoms with van der Waals surface area (Å²) >= 11 is 5.37. The van der Waals surface area contributed by atoms with Crippen molar-refractivity contribution in [2.45, 2.75) is 0 Å². The largest absolute Gasteiger partial charge is 0.333 e. The maximum absolute atomic E-state index is 13.1. The molecule has 1 aromatic heterocycles. The lowest BCUT2D eigenvalue weighted by atomic mass is 10.2. The third-order valence-electron chi connectivity index (χ3n) is 1.56. The van der Waals surface area contributed by atoms with Gasteiger partial charge >= 0.3 is 0 Å². The summed E-state index contributed by atoms with van der Waals surface area (Å²) in [6.45, 7) is 0. The van der Waals surface area contributed by atoms with Crippen molar-refractivity contribution in [3.63, 3.8) is 0 Å². The average Bonchev–Trinajstić information content (AvgIpc) is 2.56. The Hall–Kier alpha value is -1.49. The van der Waals surface area contributed by atoms with E-state index in [1.165, 1.54) is 0 Å². The lowest BCUT2D eigenvalue weighted by Crippen LogP contribution is -1.86. The normalized spacial score (nSPS) is 10.5. The molecule has 6 heteroatoms. The van der Waals surface area contributed by atoms with Crippen molar-refractivity contribution in [2.75, 3.05) is 0 Å². The molecule has 0 amide bonds. The first-order valence-electron chi connectivity index (χ1n) is 3.61. The summed E-state index contributed by atoms with van der Waals surface area (Å²) in [5.41, 5.74) is -0.107. The van der Waals surface area contributed by atoms with Crippen molar-refractivity contribution < 1.29 is 13.3 Å². The van der Waals surface area contributed by atoms with Crippen LogP contribution >= 0.6 is 11.6 Å². The van der Waals surface area contributed by atoms with Crippen LogP contribution < -0.4 is 0 Å². The predicted molar refractivity (Wildman–Crippen MR) is 44.7 cm³/mol. The second kappa shape index (κ2) is 3.34. The highest BCUT2D eigenvalue weighted by atomic mass is 35.5. The molecule has 0 unspecified atom stereocenters. The molecule has 72 valence electrons. The van der Waals surface area contributed by atoms with Gasteiger partial charge in [0.1, 0.15) is 11.6 Å². The Morgan fingerprint density at radius 2 is 2.07 bits per heavy atom. The molecule has 0 bridgehead atoms. The molecule has 3 nitrogen and oxygen atoms in total. The van der Waals surface area contributed by atoms with E-state index in [1.807, 2.05) is 0 Å². The Bertz CT molecular complexity index is 472. The van der Waals surface area contributed by atoms with Gasteiger partial charge in [-0.05, 0) is 35.0 Å². The lowest BCUT2D eigenvalue weighted by Gasteiger charge is -1.95. The zero-order chi connectivity index (χ0) is 10.1. The van der Waals surface area contributed by atoms with Gasteiger partial charge in [0.2, 0.25) is 0 Å². The van der Waals surface area contributed by atoms with Gasteiger partial charge in [-0.15, -0.1) is 0 Å². The van der Waals surface area contributed by atoms with Crippen LogP contribution in [0.2, 0.25) is 5.28 Å². The van der Waals surface area contributed by atoms with E-state index in [1.54, 1.807) is 0 Å². The van der Waals surface area contributed by atoms with Gasteiger partial charge < -0.3 is 4.52 Å². The van der Waals surface area contributed by atoms with Gasteiger partial charge in [0.05, 0.1) is 5.56 Å². The molecule has 0 aliphatic rings. The SMILES string of the molecule is Fc1ccc(F)c(-c2nc(Cl)no2)c1. The highest BCUT2D eigenvalue weighted by Gasteiger charge is 2.13. The van der Waals surface area contributed by atoms with E-state index in [9.17, 15) is 8.78 Å². The van der Waals surface area contributed by atoms with Crippen LogP contribution in [0.15, 0.2) is 22.7 Å². The molecule has 0 fully saturated rings. The second-order valence-corrected chi connectivity index (χ2v) is 2.83. The van der Waals surface area contributed by atoms with Gasteiger partial charge in [0.25, 0.3) is 11.2 Å². The lowest BCUT2D eigenvalue weighted by molar-refractivity contribution is 0.427. The second-order valence-electron chi connectivity index (χ2n) is 2.49. The van der Waals surface area contributed by atoms with Gasteiger partial charge in [-0.2, -0.15) is 4.98 Å². The number of hydrogen-bond acceptors (Lipinski definition) is 3. The maximum atomic E-state index is 13.1. The van der Waals surface area contributed by atoms with Crippen LogP contribution in [-0.2, 0) is 0 Å². The summed E-state index contributed by atoms with van der Waals surface area (Å²) in [5.74, 6) is -1.38. The third-order valence-corrected chi connectivity index (χ3v) is 1.71. The first kappa shape index (κ1) is 9.08. The van der Waals surface area contributed by atoms with Crippen molar-refractivity contribution in [3.8, 4) is 11.5 Å². The summed E-state index contributed by atoms with van der Waals surface area (Å²) in [4.78, 5) is 3.56. The molecule has 0 saturated carbocycles. The highest BCUT2D eigenvalue weighted by molar-refractivity contribution is 6.28. The van der Waals surface area contributed by atoms with Crippen molar-refractivity contribution in [1.29, 1.82) is 0 Å². The van der Waals surface area contributed by atoms with Crippen molar-refractivity contribution in [1.82, 2.24) is 10.1 Å². The molecule has 1 aromatic carbocycles. The van der Waals surface area contributed by atoms with E-state index >= 15 is 0 Å². The van der Waals surface area contributed by atoms with E-state index in [4.69, 9.17) is 11.6 Å². The molecule has 0 spiro atoms. The van der Waals surface area contributed by atoms with E-state index in [2.05, 4.69) is 14.7 Å². The van der Waals surface area contributed by atoms with Crippen LogP contribution in [0, 0.1) is 11.6 Å². The van der Waals surface area contributed by atoms with E-state index in [-0.39, 0.29) is 16.7 Å². The van der Waals surface area contributed by atoms with Crippen molar-refractivity contribution >= 4 is 11.6 Å². The Kier molecular flexibility index (Phi) is 2.17. The first-order chi connectivity index (χ1) is 6.66. The minimum absolute atomic E-state index is 0.107. The average molecular weight is 217 g/mol. The zero-order valence-electron chi connectivity index (χ0n) is 6.67. The molecule has 0 atom stereocenters. The van der Waals surface area contributed by atoms with Crippen LogP contribution in [0.1, 0.15) is 0 Å². The van der Waals surface area contributed by atoms with Gasteiger partial charge in [-0.3, -0.25) is 0 Å². The Morgan fingerprint density at radius 1 is 1.29 bits per heavy atom. The smallest absolute Gasteiger partial charge is 0.264 e. The first-order valence-corrected chi connectivity index (χ1v) is 3.99. The number of nitrogens with zero attached hydrogens (tertiary/aromatic N) is 2. The third kappa shape index (κ3) is 1.58. The minimum atomic E-state index is -0.647. The van der Waals surface area contributed by atoms with Gasteiger partial charge in [0, 0.05) is 0 Å². The molecular formula is C8H3ClF2N2O. The quantitative estimate of drug-likeness (QED) is 0.736. The predicted octanol–water partition coefficient (Wildman–Crippen LogP) is 2.67. The summed E-state index contributed by atoms with van der Waals surface area (Å²) in [6.07, 6.45) is 0. The van der Waals surface area contributed by atoms with Crippen LogP contribution in [0.5, 0.6) is 0 Å².